The van der Waals surface area contributed by atoms with Gasteiger partial charge in [-0.25, -0.2) is 17.5 Å². The van der Waals surface area contributed by atoms with E-state index < -0.39 is 38.3 Å². The number of carbonyl (C=O) groups is 1. The molecule has 0 aliphatic heterocycles. The van der Waals surface area contributed by atoms with Crippen molar-refractivity contribution in [3.05, 3.63) is 69.5 Å². The molecule has 0 bridgehead atoms. The summed E-state index contributed by atoms with van der Waals surface area (Å²) in [7, 11) is -2.64. The summed E-state index contributed by atoms with van der Waals surface area (Å²) in [6.45, 7) is 1.57. The molecule has 26 heavy (non-hydrogen) atoms. The fourth-order valence-electron chi connectivity index (χ4n) is 2.23. The molecule has 10 heteroatoms. The smallest absolute Gasteiger partial charge is 0.269 e. The van der Waals surface area contributed by atoms with Gasteiger partial charge in [0.15, 0.2) is 0 Å². The molecule has 1 unspecified atom stereocenters. The van der Waals surface area contributed by atoms with E-state index in [-0.39, 0.29) is 10.6 Å². The van der Waals surface area contributed by atoms with Crippen molar-refractivity contribution < 1.29 is 22.5 Å². The molecule has 1 atom stereocenters. The van der Waals surface area contributed by atoms with Crippen molar-refractivity contribution in [3.63, 3.8) is 0 Å². The molecule has 0 saturated heterocycles. The van der Waals surface area contributed by atoms with Crippen LogP contribution >= 0.6 is 0 Å². The van der Waals surface area contributed by atoms with Crippen LogP contribution < -0.4 is 10.0 Å². The maximum Gasteiger partial charge on any atom is 0.269 e. The first-order valence-corrected chi connectivity index (χ1v) is 8.92. The summed E-state index contributed by atoms with van der Waals surface area (Å²) in [5.74, 6) is -1.72. The zero-order valence-corrected chi connectivity index (χ0v) is 14.7. The number of nitro benzene ring substituents is 1. The lowest BCUT2D eigenvalue weighted by atomic mass is 10.1. The second kappa shape index (κ2) is 7.58. The number of non-ortho nitro benzene ring substituents is 1. The highest BCUT2D eigenvalue weighted by Gasteiger charge is 2.20. The molecule has 0 aliphatic carbocycles. The zero-order valence-electron chi connectivity index (χ0n) is 13.9. The molecule has 138 valence electrons. The Kier molecular flexibility index (Phi) is 5.68. The van der Waals surface area contributed by atoms with Crippen molar-refractivity contribution in [1.82, 2.24) is 10.0 Å². The van der Waals surface area contributed by atoms with Crippen LogP contribution in [0.25, 0.3) is 0 Å². The largest absolute Gasteiger partial charge is 0.345 e. The molecule has 2 rings (SSSR count). The van der Waals surface area contributed by atoms with Crippen molar-refractivity contribution in [3.8, 4) is 0 Å². The monoisotopic (exact) mass is 381 g/mol. The van der Waals surface area contributed by atoms with E-state index in [2.05, 4.69) is 10.0 Å². The standard InChI is InChI=1S/C16H16FN3O5S/c1-10(11-4-3-5-12(8-11)20(22)23)19-16(21)14-9-13(6-7-15(14)17)26(24,25)18-2/h3-10,18H,1-2H3,(H,19,21). The van der Waals surface area contributed by atoms with Crippen LogP contribution in [0.4, 0.5) is 10.1 Å². The summed E-state index contributed by atoms with van der Waals surface area (Å²) in [5.41, 5.74) is -0.137. The lowest BCUT2D eigenvalue weighted by Gasteiger charge is -2.15. The molecule has 2 aromatic carbocycles. The number of rotatable bonds is 6. The molecule has 0 radical (unpaired) electrons. The van der Waals surface area contributed by atoms with Gasteiger partial charge >= 0.3 is 0 Å². The van der Waals surface area contributed by atoms with Crippen LogP contribution in [0.2, 0.25) is 0 Å². The molecule has 0 aromatic heterocycles. The molecule has 0 saturated carbocycles. The van der Waals surface area contributed by atoms with Crippen molar-refractivity contribution in [2.75, 3.05) is 7.05 Å². The number of amides is 1. The van der Waals surface area contributed by atoms with Gasteiger partial charge in [0.05, 0.1) is 21.4 Å². The van der Waals surface area contributed by atoms with Gasteiger partial charge in [0.25, 0.3) is 11.6 Å². The van der Waals surface area contributed by atoms with E-state index in [1.165, 1.54) is 25.2 Å². The Balaban J connectivity index is 2.28. The van der Waals surface area contributed by atoms with Gasteiger partial charge in [-0.1, -0.05) is 12.1 Å². The van der Waals surface area contributed by atoms with E-state index in [4.69, 9.17) is 0 Å². The Morgan fingerprint density at radius 1 is 1.23 bits per heavy atom. The molecule has 2 N–H and O–H groups in total. The number of nitrogens with zero attached hydrogens (tertiary/aromatic N) is 1. The van der Waals surface area contributed by atoms with E-state index in [0.29, 0.717) is 5.56 Å². The molecule has 0 heterocycles. The van der Waals surface area contributed by atoms with Crippen molar-refractivity contribution in [2.45, 2.75) is 17.9 Å². The third kappa shape index (κ3) is 4.21. The van der Waals surface area contributed by atoms with Crippen molar-refractivity contribution in [2.24, 2.45) is 0 Å². The van der Waals surface area contributed by atoms with E-state index >= 15 is 0 Å². The summed E-state index contributed by atoms with van der Waals surface area (Å²) in [4.78, 5) is 22.3. The summed E-state index contributed by atoms with van der Waals surface area (Å²) in [5, 5.41) is 13.3. The molecule has 2 aromatic rings. The predicted molar refractivity (Wildman–Crippen MR) is 91.6 cm³/mol. The maximum absolute atomic E-state index is 14.0. The van der Waals surface area contributed by atoms with Gasteiger partial charge in [-0.15, -0.1) is 0 Å². The summed E-state index contributed by atoms with van der Waals surface area (Å²) >= 11 is 0. The molecular weight excluding hydrogens is 365 g/mol. The van der Waals surface area contributed by atoms with Crippen LogP contribution in [0, 0.1) is 15.9 Å². The highest BCUT2D eigenvalue weighted by atomic mass is 32.2. The zero-order chi connectivity index (χ0) is 19.5. The fourth-order valence-corrected chi connectivity index (χ4v) is 2.98. The summed E-state index contributed by atoms with van der Waals surface area (Å²) in [6.07, 6.45) is 0. The van der Waals surface area contributed by atoms with Crippen LogP contribution in [0.1, 0.15) is 28.9 Å². The molecule has 0 fully saturated rings. The lowest BCUT2D eigenvalue weighted by Crippen LogP contribution is -2.28. The minimum atomic E-state index is -3.84. The van der Waals surface area contributed by atoms with E-state index in [0.717, 1.165) is 18.2 Å². The minimum Gasteiger partial charge on any atom is -0.345 e. The maximum atomic E-state index is 14.0. The SMILES string of the molecule is CNS(=O)(=O)c1ccc(F)c(C(=O)NC(C)c2cccc([N+](=O)[O-])c2)c1. The van der Waals surface area contributed by atoms with Gasteiger partial charge in [0.1, 0.15) is 5.82 Å². The Hall–Kier alpha value is -2.85. The summed E-state index contributed by atoms with van der Waals surface area (Å²) in [6, 6.07) is 7.85. The average molecular weight is 381 g/mol. The fraction of sp³-hybridized carbons (Fsp3) is 0.188. The van der Waals surface area contributed by atoms with Crippen LogP contribution in [-0.4, -0.2) is 26.3 Å². The minimum absolute atomic E-state index is 0.142. The molecule has 0 aliphatic rings. The number of benzene rings is 2. The number of carbonyl (C=O) groups excluding carboxylic acids is 1. The lowest BCUT2D eigenvalue weighted by molar-refractivity contribution is -0.384. The normalized spacial score (nSPS) is 12.4. The second-order valence-corrected chi connectivity index (χ2v) is 7.28. The quantitative estimate of drug-likeness (QED) is 0.587. The first kappa shape index (κ1) is 19.5. The second-order valence-electron chi connectivity index (χ2n) is 5.40. The van der Waals surface area contributed by atoms with Gasteiger partial charge in [-0.3, -0.25) is 14.9 Å². The van der Waals surface area contributed by atoms with Gasteiger partial charge in [-0.05, 0) is 37.7 Å². The first-order chi connectivity index (χ1) is 12.2. The van der Waals surface area contributed by atoms with Gasteiger partial charge < -0.3 is 5.32 Å². The van der Waals surface area contributed by atoms with Gasteiger partial charge in [0, 0.05) is 12.1 Å². The number of halogens is 1. The van der Waals surface area contributed by atoms with Crippen molar-refractivity contribution in [1.29, 1.82) is 0 Å². The highest BCUT2D eigenvalue weighted by molar-refractivity contribution is 7.89. The Morgan fingerprint density at radius 2 is 1.92 bits per heavy atom. The van der Waals surface area contributed by atoms with Crippen LogP contribution in [0.15, 0.2) is 47.4 Å². The van der Waals surface area contributed by atoms with Crippen molar-refractivity contribution >= 4 is 21.6 Å². The highest BCUT2D eigenvalue weighted by Crippen LogP contribution is 2.20. The third-order valence-electron chi connectivity index (χ3n) is 3.69. The first-order valence-electron chi connectivity index (χ1n) is 7.44. The number of nitrogens with one attached hydrogen (secondary N) is 2. The Bertz CT molecular complexity index is 962. The molecule has 8 nitrogen and oxygen atoms in total. The average Bonchev–Trinajstić information content (AvgIpc) is 2.61. The van der Waals surface area contributed by atoms with Crippen LogP contribution in [-0.2, 0) is 10.0 Å². The Morgan fingerprint density at radius 3 is 2.54 bits per heavy atom. The van der Waals surface area contributed by atoms with Gasteiger partial charge in [0.2, 0.25) is 10.0 Å². The molecule has 0 spiro atoms. The molecule has 1 amide bonds. The van der Waals surface area contributed by atoms with E-state index in [1.54, 1.807) is 13.0 Å². The summed E-state index contributed by atoms with van der Waals surface area (Å²) < 4.78 is 39.7. The van der Waals surface area contributed by atoms with E-state index in [9.17, 15) is 27.7 Å². The number of nitro groups is 1. The Labute approximate surface area is 149 Å². The van der Waals surface area contributed by atoms with E-state index in [1.807, 2.05) is 0 Å². The number of hydrogen-bond donors (Lipinski definition) is 2. The number of sulfonamides is 1. The van der Waals surface area contributed by atoms with Crippen LogP contribution in [0.3, 0.4) is 0 Å². The van der Waals surface area contributed by atoms with Gasteiger partial charge in [-0.2, -0.15) is 0 Å². The predicted octanol–water partition coefficient (Wildman–Crippen LogP) is 2.13. The third-order valence-corrected chi connectivity index (χ3v) is 5.10. The molecular formula is C16H16FN3O5S. The number of hydrogen-bond acceptors (Lipinski definition) is 5. The topological polar surface area (TPSA) is 118 Å². The van der Waals surface area contributed by atoms with Crippen LogP contribution in [0.5, 0.6) is 0 Å².